The fourth-order valence-electron chi connectivity index (χ4n) is 1.47. The SMILES string of the molecule is N#Cc1ccc(Nc2cc(Cl)ccc2F)c(F)c1F. The Balaban J connectivity index is 2.42. The predicted molar refractivity (Wildman–Crippen MR) is 65.8 cm³/mol. The number of nitrogens with zero attached hydrogens (tertiary/aromatic N) is 1. The smallest absolute Gasteiger partial charge is 0.183 e. The van der Waals surface area contributed by atoms with Crippen molar-refractivity contribution in [2.45, 2.75) is 0 Å². The highest BCUT2D eigenvalue weighted by Gasteiger charge is 2.14. The lowest BCUT2D eigenvalue weighted by molar-refractivity contribution is 0.509. The van der Waals surface area contributed by atoms with Gasteiger partial charge in [-0.25, -0.2) is 13.2 Å². The minimum absolute atomic E-state index is 0.0875. The van der Waals surface area contributed by atoms with Crippen molar-refractivity contribution in [1.29, 1.82) is 5.26 Å². The van der Waals surface area contributed by atoms with E-state index in [1.807, 2.05) is 0 Å². The van der Waals surface area contributed by atoms with Crippen LogP contribution in [0.15, 0.2) is 30.3 Å². The van der Waals surface area contributed by atoms with Gasteiger partial charge in [0, 0.05) is 5.02 Å². The minimum Gasteiger partial charge on any atom is -0.351 e. The summed E-state index contributed by atoms with van der Waals surface area (Å²) >= 11 is 5.68. The van der Waals surface area contributed by atoms with Gasteiger partial charge in [0.25, 0.3) is 0 Å². The molecule has 0 heterocycles. The third kappa shape index (κ3) is 2.64. The first-order valence-corrected chi connectivity index (χ1v) is 5.51. The van der Waals surface area contributed by atoms with Crippen molar-refractivity contribution in [3.63, 3.8) is 0 Å². The quantitative estimate of drug-likeness (QED) is 0.887. The molecule has 0 radical (unpaired) electrons. The minimum atomic E-state index is -1.28. The molecule has 19 heavy (non-hydrogen) atoms. The normalized spacial score (nSPS) is 10.1. The molecule has 2 aromatic carbocycles. The second-order valence-electron chi connectivity index (χ2n) is 3.65. The number of hydrogen-bond donors (Lipinski definition) is 1. The maximum Gasteiger partial charge on any atom is 0.183 e. The van der Waals surface area contributed by atoms with Gasteiger partial charge in [-0.05, 0) is 30.3 Å². The van der Waals surface area contributed by atoms with Crippen LogP contribution in [0, 0.1) is 28.8 Å². The van der Waals surface area contributed by atoms with Crippen molar-refractivity contribution in [3.8, 4) is 6.07 Å². The lowest BCUT2D eigenvalue weighted by Crippen LogP contribution is -2.00. The number of hydrogen-bond acceptors (Lipinski definition) is 2. The summed E-state index contributed by atoms with van der Waals surface area (Å²) in [6.45, 7) is 0. The van der Waals surface area contributed by atoms with Gasteiger partial charge in [0.05, 0.1) is 16.9 Å². The van der Waals surface area contributed by atoms with Gasteiger partial charge in [-0.15, -0.1) is 0 Å². The average Bonchev–Trinajstić information content (AvgIpc) is 2.39. The lowest BCUT2D eigenvalue weighted by atomic mass is 10.2. The Bertz CT molecular complexity index is 680. The molecule has 0 amide bonds. The molecular formula is C13H6ClF3N2. The topological polar surface area (TPSA) is 35.8 Å². The Morgan fingerprint density at radius 1 is 1.00 bits per heavy atom. The first kappa shape index (κ1) is 13.2. The summed E-state index contributed by atoms with van der Waals surface area (Å²) in [5, 5.41) is 11.2. The number of benzene rings is 2. The van der Waals surface area contributed by atoms with Crippen LogP contribution in [-0.4, -0.2) is 0 Å². The van der Waals surface area contributed by atoms with E-state index in [-0.39, 0.29) is 16.4 Å². The van der Waals surface area contributed by atoms with Gasteiger partial charge in [0.1, 0.15) is 11.9 Å². The zero-order chi connectivity index (χ0) is 14.0. The van der Waals surface area contributed by atoms with Crippen molar-refractivity contribution in [1.82, 2.24) is 0 Å². The summed E-state index contributed by atoms with van der Waals surface area (Å²) in [6, 6.07) is 7.43. The number of anilines is 2. The predicted octanol–water partition coefficient (Wildman–Crippen LogP) is 4.37. The first-order valence-electron chi connectivity index (χ1n) is 5.13. The average molecular weight is 283 g/mol. The van der Waals surface area contributed by atoms with Gasteiger partial charge in [-0.2, -0.15) is 5.26 Å². The van der Waals surface area contributed by atoms with Gasteiger partial charge in [0.2, 0.25) is 0 Å². The lowest BCUT2D eigenvalue weighted by Gasteiger charge is -2.09. The molecule has 0 bridgehead atoms. The van der Waals surface area contributed by atoms with E-state index in [1.54, 1.807) is 0 Å². The van der Waals surface area contributed by atoms with Gasteiger partial charge in [-0.3, -0.25) is 0 Å². The Kier molecular flexibility index (Phi) is 3.63. The maximum absolute atomic E-state index is 13.6. The van der Waals surface area contributed by atoms with Gasteiger partial charge >= 0.3 is 0 Å². The van der Waals surface area contributed by atoms with E-state index in [4.69, 9.17) is 16.9 Å². The van der Waals surface area contributed by atoms with E-state index in [9.17, 15) is 13.2 Å². The van der Waals surface area contributed by atoms with Gasteiger partial charge in [0.15, 0.2) is 11.6 Å². The Morgan fingerprint density at radius 3 is 2.42 bits per heavy atom. The fraction of sp³-hybridized carbons (Fsp3) is 0. The van der Waals surface area contributed by atoms with Crippen LogP contribution in [0.3, 0.4) is 0 Å². The Labute approximate surface area is 112 Å². The maximum atomic E-state index is 13.6. The molecule has 2 nitrogen and oxygen atoms in total. The second-order valence-corrected chi connectivity index (χ2v) is 4.09. The second kappa shape index (κ2) is 5.21. The van der Waals surface area contributed by atoms with Crippen LogP contribution < -0.4 is 5.32 Å². The molecule has 0 aliphatic carbocycles. The van der Waals surface area contributed by atoms with Crippen LogP contribution in [0.1, 0.15) is 5.56 Å². The van der Waals surface area contributed by atoms with E-state index in [0.29, 0.717) is 0 Å². The molecular weight excluding hydrogens is 277 g/mol. The number of rotatable bonds is 2. The molecule has 2 rings (SSSR count). The molecule has 6 heteroatoms. The fourth-order valence-corrected chi connectivity index (χ4v) is 1.64. The molecule has 0 aliphatic heterocycles. The molecule has 0 spiro atoms. The summed E-state index contributed by atoms with van der Waals surface area (Å²) in [4.78, 5) is 0. The number of nitriles is 1. The third-order valence-corrected chi connectivity index (χ3v) is 2.64. The zero-order valence-electron chi connectivity index (χ0n) is 9.35. The van der Waals surface area contributed by atoms with Crippen molar-refractivity contribution >= 4 is 23.0 Å². The van der Waals surface area contributed by atoms with Crippen molar-refractivity contribution in [2.24, 2.45) is 0 Å². The number of halogens is 4. The largest absolute Gasteiger partial charge is 0.351 e. The van der Waals surface area contributed by atoms with Crippen LogP contribution >= 0.6 is 11.6 Å². The van der Waals surface area contributed by atoms with Crippen LogP contribution in [0.5, 0.6) is 0 Å². The molecule has 0 aromatic heterocycles. The van der Waals surface area contributed by atoms with E-state index in [2.05, 4.69) is 5.32 Å². The monoisotopic (exact) mass is 282 g/mol. The Morgan fingerprint density at radius 2 is 1.74 bits per heavy atom. The van der Waals surface area contributed by atoms with E-state index >= 15 is 0 Å². The standard InChI is InChI=1S/C13H6ClF3N2/c14-8-2-3-9(15)11(5-8)19-10-4-1-7(6-18)12(16)13(10)17/h1-5,19H. The molecule has 96 valence electrons. The highest BCUT2D eigenvalue weighted by Crippen LogP contribution is 2.27. The molecule has 0 unspecified atom stereocenters. The molecule has 0 atom stereocenters. The van der Waals surface area contributed by atoms with Crippen LogP contribution in [0.25, 0.3) is 0 Å². The van der Waals surface area contributed by atoms with Crippen molar-refractivity contribution in [2.75, 3.05) is 5.32 Å². The molecule has 0 saturated heterocycles. The van der Waals surface area contributed by atoms with Gasteiger partial charge < -0.3 is 5.32 Å². The molecule has 2 aromatic rings. The van der Waals surface area contributed by atoms with Crippen molar-refractivity contribution in [3.05, 3.63) is 58.4 Å². The van der Waals surface area contributed by atoms with E-state index < -0.39 is 23.0 Å². The highest BCUT2D eigenvalue weighted by atomic mass is 35.5. The van der Waals surface area contributed by atoms with Gasteiger partial charge in [-0.1, -0.05) is 11.6 Å². The summed E-state index contributed by atoms with van der Waals surface area (Å²) in [5.74, 6) is -3.19. The third-order valence-electron chi connectivity index (χ3n) is 2.40. The molecule has 0 fully saturated rings. The Hall–Kier alpha value is -2.19. The van der Waals surface area contributed by atoms with E-state index in [0.717, 1.165) is 18.2 Å². The van der Waals surface area contributed by atoms with Crippen LogP contribution in [-0.2, 0) is 0 Å². The van der Waals surface area contributed by atoms with E-state index in [1.165, 1.54) is 18.2 Å². The van der Waals surface area contributed by atoms with Crippen LogP contribution in [0.2, 0.25) is 5.02 Å². The summed E-state index contributed by atoms with van der Waals surface area (Å²) < 4.78 is 40.5. The molecule has 1 N–H and O–H groups in total. The highest BCUT2D eigenvalue weighted by molar-refractivity contribution is 6.30. The first-order chi connectivity index (χ1) is 9.02. The molecule has 0 aliphatic rings. The zero-order valence-corrected chi connectivity index (χ0v) is 10.1. The number of nitrogens with one attached hydrogen (secondary N) is 1. The van der Waals surface area contributed by atoms with Crippen LogP contribution in [0.4, 0.5) is 24.5 Å². The summed E-state index contributed by atoms with van der Waals surface area (Å²) in [6.07, 6.45) is 0. The summed E-state index contributed by atoms with van der Waals surface area (Å²) in [5.41, 5.74) is -0.789. The summed E-state index contributed by atoms with van der Waals surface area (Å²) in [7, 11) is 0. The van der Waals surface area contributed by atoms with Crippen molar-refractivity contribution < 1.29 is 13.2 Å². The molecule has 0 saturated carbocycles.